The molecule has 0 spiro atoms. The van der Waals surface area contributed by atoms with Crippen molar-refractivity contribution in [3.05, 3.63) is 68.4 Å². The molecule has 0 unspecified atom stereocenters. The summed E-state index contributed by atoms with van der Waals surface area (Å²) >= 11 is 5.87. The second kappa shape index (κ2) is 8.77. The number of ether oxygens (including phenoxy) is 1. The fourth-order valence-corrected chi connectivity index (χ4v) is 4.75. The molecule has 0 aliphatic rings. The molecule has 0 saturated heterocycles. The number of hydrogen-bond acceptors (Lipinski definition) is 7. The molecule has 3 aromatic rings. The summed E-state index contributed by atoms with van der Waals surface area (Å²) in [5.74, 6) is -2.56. The molecule has 31 heavy (non-hydrogen) atoms. The molecule has 2 N–H and O–H groups in total. The lowest BCUT2D eigenvalue weighted by Gasteiger charge is -2.25. The van der Waals surface area contributed by atoms with Gasteiger partial charge in [-0.3, -0.25) is 0 Å². The highest BCUT2D eigenvalue weighted by Gasteiger charge is 2.35. The van der Waals surface area contributed by atoms with Gasteiger partial charge in [0.1, 0.15) is 11.9 Å². The first kappa shape index (κ1) is 22.9. The highest BCUT2D eigenvalue weighted by molar-refractivity contribution is 7.89. The van der Waals surface area contributed by atoms with E-state index in [0.29, 0.717) is 5.56 Å². The van der Waals surface area contributed by atoms with Crippen LogP contribution in [0.4, 0.5) is 4.39 Å². The van der Waals surface area contributed by atoms with Crippen LogP contribution in [0.5, 0.6) is 5.75 Å². The fraction of sp³-hybridized carbons (Fsp3) is 0.316. The summed E-state index contributed by atoms with van der Waals surface area (Å²) in [6.45, 7) is 5.13. The van der Waals surface area contributed by atoms with E-state index in [1.54, 1.807) is 26.8 Å². The quantitative estimate of drug-likeness (QED) is 0.543. The lowest BCUT2D eigenvalue weighted by Crippen LogP contribution is -2.33. The van der Waals surface area contributed by atoms with Crippen molar-refractivity contribution < 1.29 is 22.0 Å². The molecular weight excluding hydrogens is 451 g/mol. The first-order chi connectivity index (χ1) is 14.5. The number of sulfonamides is 1. The highest BCUT2D eigenvalue weighted by atomic mass is 35.5. The number of rotatable bonds is 7. The number of hydrogen-bond donors (Lipinski definition) is 2. The van der Waals surface area contributed by atoms with Gasteiger partial charge in [-0.2, -0.15) is 4.72 Å². The lowest BCUT2D eigenvalue weighted by atomic mass is 9.88. The molecule has 0 radical (unpaired) electrons. The summed E-state index contributed by atoms with van der Waals surface area (Å²) in [7, 11) is -3.06. The average Bonchev–Trinajstić information content (AvgIpc) is 3.14. The number of nitrogens with zero attached hydrogens (tertiary/aromatic N) is 2. The molecule has 0 fully saturated rings. The van der Waals surface area contributed by atoms with Gasteiger partial charge in [0.2, 0.25) is 10.9 Å². The van der Waals surface area contributed by atoms with Crippen molar-refractivity contribution in [2.45, 2.75) is 37.8 Å². The van der Waals surface area contributed by atoms with Gasteiger partial charge in [0, 0.05) is 18.2 Å². The number of pyridine rings is 1. The summed E-state index contributed by atoms with van der Waals surface area (Å²) in [4.78, 5) is 15.4. The number of methoxy groups -OCH3 is 1. The molecule has 0 saturated carbocycles. The molecule has 0 bridgehead atoms. The summed E-state index contributed by atoms with van der Waals surface area (Å²) in [6.07, 6.45) is 1.15. The van der Waals surface area contributed by atoms with Gasteiger partial charge in [-0.15, -0.1) is 5.10 Å². The van der Waals surface area contributed by atoms with Crippen LogP contribution in [0.2, 0.25) is 5.02 Å². The fourth-order valence-electron chi connectivity index (χ4n) is 3.25. The SMILES string of the molecule is COc1cc(Cl)cnc1S(=O)(=O)N[C@H](c1n[nH]c(=O)o1)[C@H](C)c1c(F)ccc(C)c1C. The molecule has 0 aliphatic carbocycles. The van der Waals surface area contributed by atoms with Crippen molar-refractivity contribution in [3.63, 3.8) is 0 Å². The maximum absolute atomic E-state index is 14.7. The number of aryl methyl sites for hydroxylation is 1. The van der Waals surface area contributed by atoms with E-state index in [-0.39, 0.29) is 22.2 Å². The minimum atomic E-state index is -4.33. The number of benzene rings is 1. The molecule has 0 aliphatic heterocycles. The molecule has 2 atom stereocenters. The maximum atomic E-state index is 14.7. The normalized spacial score (nSPS) is 13.7. The Morgan fingerprint density at radius 1 is 1.32 bits per heavy atom. The zero-order chi connectivity index (χ0) is 22.9. The Kier molecular flexibility index (Phi) is 6.48. The largest absolute Gasteiger partial charge is 0.494 e. The van der Waals surface area contributed by atoms with E-state index in [4.69, 9.17) is 20.8 Å². The van der Waals surface area contributed by atoms with Crippen LogP contribution < -0.4 is 15.2 Å². The van der Waals surface area contributed by atoms with Crippen LogP contribution in [0.3, 0.4) is 0 Å². The number of nitrogens with one attached hydrogen (secondary N) is 2. The summed E-state index contributed by atoms with van der Waals surface area (Å²) in [5.41, 5.74) is 1.71. The zero-order valence-corrected chi connectivity index (χ0v) is 18.6. The van der Waals surface area contributed by atoms with Gasteiger partial charge >= 0.3 is 5.76 Å². The Hall–Kier alpha value is -2.76. The molecule has 3 rings (SSSR count). The third-order valence-corrected chi connectivity index (χ3v) is 6.54. The Morgan fingerprint density at radius 3 is 2.65 bits per heavy atom. The van der Waals surface area contributed by atoms with Crippen molar-refractivity contribution in [2.75, 3.05) is 7.11 Å². The van der Waals surface area contributed by atoms with Crippen molar-refractivity contribution in [2.24, 2.45) is 0 Å². The maximum Gasteiger partial charge on any atom is 0.434 e. The van der Waals surface area contributed by atoms with E-state index >= 15 is 0 Å². The predicted octanol–water partition coefficient (Wildman–Crippen LogP) is 3.00. The van der Waals surface area contributed by atoms with E-state index in [9.17, 15) is 17.6 Å². The molecule has 2 aromatic heterocycles. The highest BCUT2D eigenvalue weighted by Crippen LogP contribution is 2.36. The van der Waals surface area contributed by atoms with Gasteiger partial charge in [0.15, 0.2) is 5.75 Å². The second-order valence-corrected chi connectivity index (χ2v) is 8.97. The molecule has 0 amide bonds. The number of aromatic amines is 1. The van der Waals surface area contributed by atoms with E-state index in [1.807, 2.05) is 0 Å². The Bertz CT molecular complexity index is 1270. The topological polar surface area (TPSA) is 127 Å². The van der Waals surface area contributed by atoms with E-state index < -0.39 is 38.6 Å². The Morgan fingerprint density at radius 2 is 2.03 bits per heavy atom. The number of H-pyrrole nitrogens is 1. The van der Waals surface area contributed by atoms with Crippen LogP contribution in [0.1, 0.15) is 41.5 Å². The molecule has 1 aromatic carbocycles. The number of aromatic nitrogens is 3. The smallest absolute Gasteiger partial charge is 0.434 e. The molecule has 9 nitrogen and oxygen atoms in total. The van der Waals surface area contributed by atoms with Gasteiger partial charge in [-0.05, 0) is 36.6 Å². The summed E-state index contributed by atoms with van der Waals surface area (Å²) in [6, 6.07) is 2.98. The predicted molar refractivity (Wildman–Crippen MR) is 110 cm³/mol. The minimum absolute atomic E-state index is 0.0900. The van der Waals surface area contributed by atoms with Crippen LogP contribution in [0.25, 0.3) is 0 Å². The Balaban J connectivity index is 2.12. The van der Waals surface area contributed by atoms with Gasteiger partial charge in [-0.1, -0.05) is 24.6 Å². The molecular formula is C19H20ClFN4O5S. The number of halogens is 2. The molecule has 12 heteroatoms. The van der Waals surface area contributed by atoms with E-state index in [0.717, 1.165) is 11.8 Å². The van der Waals surface area contributed by atoms with Crippen LogP contribution in [-0.2, 0) is 10.0 Å². The summed E-state index contributed by atoms with van der Waals surface area (Å²) < 4.78 is 53.5. The van der Waals surface area contributed by atoms with E-state index in [2.05, 4.69) is 19.9 Å². The standard InChI is InChI=1S/C19H20ClFN4O5S/c1-9-5-6-13(21)15(10(9)2)11(3)16(17-23-24-19(26)30-17)25-31(27,28)18-14(29-4)7-12(20)8-22-18/h5-8,11,16,25H,1-4H3,(H,24,26)/t11-,16+/m1/s1. The van der Waals surface area contributed by atoms with Crippen molar-refractivity contribution >= 4 is 21.6 Å². The van der Waals surface area contributed by atoms with Crippen molar-refractivity contribution in [3.8, 4) is 5.75 Å². The third kappa shape index (κ3) is 4.63. The first-order valence-corrected chi connectivity index (χ1v) is 10.9. The van der Waals surface area contributed by atoms with Crippen molar-refractivity contribution in [1.29, 1.82) is 0 Å². The van der Waals surface area contributed by atoms with Crippen LogP contribution in [0.15, 0.2) is 38.6 Å². The first-order valence-electron chi connectivity index (χ1n) is 9.08. The van der Waals surface area contributed by atoms with E-state index in [1.165, 1.54) is 19.2 Å². The van der Waals surface area contributed by atoms with Crippen LogP contribution >= 0.6 is 11.6 Å². The van der Waals surface area contributed by atoms with Gasteiger partial charge < -0.3 is 9.15 Å². The lowest BCUT2D eigenvalue weighted by molar-refractivity contribution is 0.373. The zero-order valence-electron chi connectivity index (χ0n) is 17.1. The van der Waals surface area contributed by atoms with Gasteiger partial charge in [0.05, 0.1) is 12.1 Å². The minimum Gasteiger partial charge on any atom is -0.494 e. The molecule has 2 heterocycles. The van der Waals surface area contributed by atoms with Gasteiger partial charge in [-0.25, -0.2) is 27.7 Å². The second-order valence-electron chi connectivity index (χ2n) is 6.90. The van der Waals surface area contributed by atoms with Gasteiger partial charge in [0.25, 0.3) is 10.0 Å². The summed E-state index contributed by atoms with van der Waals surface area (Å²) in [5, 5.41) is 5.59. The third-order valence-electron chi connectivity index (χ3n) is 4.95. The van der Waals surface area contributed by atoms with Crippen LogP contribution in [0, 0.1) is 19.7 Å². The van der Waals surface area contributed by atoms with Crippen molar-refractivity contribution in [1.82, 2.24) is 19.9 Å². The average molecular weight is 471 g/mol. The Labute approximate surface area is 182 Å². The molecule has 166 valence electrons. The van der Waals surface area contributed by atoms with Crippen LogP contribution in [-0.4, -0.2) is 30.7 Å². The monoisotopic (exact) mass is 470 g/mol.